The van der Waals surface area contributed by atoms with Crippen molar-refractivity contribution in [3.63, 3.8) is 0 Å². The Morgan fingerprint density at radius 2 is 1.94 bits per heavy atom. The zero-order valence-corrected chi connectivity index (χ0v) is 10.8. The van der Waals surface area contributed by atoms with Crippen molar-refractivity contribution in [1.82, 2.24) is 10.2 Å². The van der Waals surface area contributed by atoms with Crippen LogP contribution in [0.1, 0.15) is 46.5 Å². The van der Waals surface area contributed by atoms with E-state index in [2.05, 4.69) is 41.4 Å². The van der Waals surface area contributed by atoms with E-state index in [1.165, 1.54) is 11.1 Å². The molecule has 3 nitrogen and oxygen atoms in total. The lowest BCUT2D eigenvalue weighted by Crippen LogP contribution is -2.17. The van der Waals surface area contributed by atoms with Crippen molar-refractivity contribution in [3.05, 3.63) is 52.3 Å². The van der Waals surface area contributed by atoms with Crippen molar-refractivity contribution in [1.29, 1.82) is 0 Å². The van der Waals surface area contributed by atoms with Crippen LogP contribution in [0.2, 0.25) is 0 Å². The Morgan fingerprint density at radius 3 is 2.67 bits per heavy atom. The predicted molar refractivity (Wildman–Crippen MR) is 70.5 cm³/mol. The van der Waals surface area contributed by atoms with E-state index in [0.29, 0.717) is 5.92 Å². The number of hydrogen-bond acceptors (Lipinski definition) is 2. The molecule has 2 atom stereocenters. The summed E-state index contributed by atoms with van der Waals surface area (Å²) < 4.78 is 0. The molecule has 2 N–H and O–H groups in total. The van der Waals surface area contributed by atoms with Gasteiger partial charge in [0.05, 0.1) is 11.8 Å². The van der Waals surface area contributed by atoms with Crippen LogP contribution in [0.25, 0.3) is 0 Å². The lowest BCUT2D eigenvalue weighted by Gasteiger charge is -2.26. The minimum Gasteiger partial charge on any atom is -0.388 e. The molecule has 94 valence electrons. The molecular formula is C15H18N2O. The third-order valence-corrected chi connectivity index (χ3v) is 3.90. The van der Waals surface area contributed by atoms with E-state index in [1.54, 1.807) is 0 Å². The summed E-state index contributed by atoms with van der Waals surface area (Å²) in [7, 11) is 0. The van der Waals surface area contributed by atoms with Crippen LogP contribution >= 0.6 is 0 Å². The quantitative estimate of drug-likeness (QED) is 0.807. The molecule has 0 fully saturated rings. The van der Waals surface area contributed by atoms with Gasteiger partial charge in [-0.15, -0.1) is 0 Å². The Labute approximate surface area is 107 Å². The van der Waals surface area contributed by atoms with Gasteiger partial charge in [0.1, 0.15) is 0 Å². The van der Waals surface area contributed by atoms with Gasteiger partial charge < -0.3 is 5.11 Å². The summed E-state index contributed by atoms with van der Waals surface area (Å²) in [6.07, 6.45) is 1.31. The van der Waals surface area contributed by atoms with Gasteiger partial charge >= 0.3 is 0 Å². The van der Waals surface area contributed by atoms with Crippen LogP contribution in [-0.2, 0) is 6.42 Å². The van der Waals surface area contributed by atoms with Crippen molar-refractivity contribution in [3.8, 4) is 0 Å². The maximum absolute atomic E-state index is 10.3. The van der Waals surface area contributed by atoms with Crippen LogP contribution < -0.4 is 0 Å². The molecule has 2 unspecified atom stereocenters. The van der Waals surface area contributed by atoms with E-state index in [9.17, 15) is 5.11 Å². The van der Waals surface area contributed by atoms with Gasteiger partial charge in [0.15, 0.2) is 0 Å². The summed E-state index contributed by atoms with van der Waals surface area (Å²) >= 11 is 0. The number of aliphatic hydroxyl groups excluding tert-OH is 1. The molecule has 0 radical (unpaired) electrons. The van der Waals surface area contributed by atoms with Gasteiger partial charge in [-0.3, -0.25) is 5.10 Å². The fourth-order valence-corrected chi connectivity index (χ4v) is 2.88. The zero-order valence-electron chi connectivity index (χ0n) is 10.8. The molecule has 3 rings (SSSR count). The highest BCUT2D eigenvalue weighted by molar-refractivity contribution is 5.34. The monoisotopic (exact) mass is 242 g/mol. The number of aliphatic hydroxyl groups is 1. The second kappa shape index (κ2) is 4.25. The Morgan fingerprint density at radius 1 is 1.22 bits per heavy atom. The summed E-state index contributed by atoms with van der Waals surface area (Å²) in [5.74, 6) is 0.371. The number of hydrogen-bond donors (Lipinski definition) is 2. The minimum atomic E-state index is -0.390. The van der Waals surface area contributed by atoms with Crippen LogP contribution in [0.15, 0.2) is 24.3 Å². The highest BCUT2D eigenvalue weighted by Gasteiger charge is 2.29. The molecule has 0 aliphatic heterocycles. The van der Waals surface area contributed by atoms with Gasteiger partial charge in [-0.1, -0.05) is 29.8 Å². The molecule has 0 spiro atoms. The Bertz CT molecular complexity index is 556. The Hall–Kier alpha value is -1.61. The first-order valence-corrected chi connectivity index (χ1v) is 6.43. The lowest BCUT2D eigenvalue weighted by atomic mass is 9.81. The van der Waals surface area contributed by atoms with Gasteiger partial charge in [-0.25, -0.2) is 0 Å². The van der Waals surface area contributed by atoms with E-state index in [4.69, 9.17) is 0 Å². The van der Waals surface area contributed by atoms with Gasteiger partial charge in [-0.05, 0) is 38.2 Å². The molecule has 0 amide bonds. The maximum Gasteiger partial charge on any atom is 0.0831 e. The molecule has 3 heteroatoms. The third-order valence-electron chi connectivity index (χ3n) is 3.90. The van der Waals surface area contributed by atoms with Crippen LogP contribution in [-0.4, -0.2) is 15.3 Å². The summed E-state index contributed by atoms with van der Waals surface area (Å²) in [5.41, 5.74) is 5.60. The first kappa shape index (κ1) is 11.5. The number of aryl methyl sites for hydroxylation is 2. The van der Waals surface area contributed by atoms with Gasteiger partial charge in [0.25, 0.3) is 0 Å². The number of aromatic amines is 1. The first-order chi connectivity index (χ1) is 8.65. The molecule has 1 aromatic carbocycles. The van der Waals surface area contributed by atoms with Crippen LogP contribution in [0, 0.1) is 13.8 Å². The second-order valence-corrected chi connectivity index (χ2v) is 5.27. The molecule has 1 aromatic heterocycles. The number of aromatic nitrogens is 2. The summed E-state index contributed by atoms with van der Waals surface area (Å²) in [5, 5.41) is 17.6. The number of H-pyrrole nitrogens is 1. The van der Waals surface area contributed by atoms with Gasteiger partial charge in [-0.2, -0.15) is 5.10 Å². The largest absolute Gasteiger partial charge is 0.388 e. The predicted octanol–water partition coefficient (Wildman–Crippen LogP) is 2.79. The number of benzene rings is 1. The van der Waals surface area contributed by atoms with E-state index >= 15 is 0 Å². The Balaban J connectivity index is 1.92. The smallest absolute Gasteiger partial charge is 0.0831 e. The number of fused-ring (bicyclic) bond motifs is 1. The van der Waals surface area contributed by atoms with Crippen LogP contribution in [0.5, 0.6) is 0 Å². The number of nitrogens with zero attached hydrogens (tertiary/aromatic N) is 1. The molecule has 0 bridgehead atoms. The molecule has 2 aromatic rings. The van der Waals surface area contributed by atoms with Crippen molar-refractivity contribution in [2.24, 2.45) is 0 Å². The molecule has 0 saturated carbocycles. The SMILES string of the molecule is Cc1ccc(C2Cc3n[nH]c(C)c3C(O)C2)cc1. The van der Waals surface area contributed by atoms with Crippen molar-refractivity contribution >= 4 is 0 Å². The molecular weight excluding hydrogens is 224 g/mol. The molecule has 1 aliphatic rings. The standard InChI is InChI=1S/C15H18N2O/c1-9-3-5-11(6-4-9)12-7-13-15(14(18)8-12)10(2)16-17-13/h3-6,12,14,18H,7-8H2,1-2H3,(H,16,17). The number of nitrogens with one attached hydrogen (secondary N) is 1. The topological polar surface area (TPSA) is 48.9 Å². The third kappa shape index (κ3) is 1.85. The summed E-state index contributed by atoms with van der Waals surface area (Å²) in [6, 6.07) is 8.59. The zero-order chi connectivity index (χ0) is 12.7. The molecule has 1 heterocycles. The van der Waals surface area contributed by atoms with Gasteiger partial charge in [0.2, 0.25) is 0 Å². The van der Waals surface area contributed by atoms with Crippen molar-refractivity contribution in [2.75, 3.05) is 0 Å². The van der Waals surface area contributed by atoms with E-state index < -0.39 is 0 Å². The molecule has 18 heavy (non-hydrogen) atoms. The van der Waals surface area contributed by atoms with Crippen LogP contribution in [0.4, 0.5) is 0 Å². The van der Waals surface area contributed by atoms with E-state index in [-0.39, 0.29) is 6.10 Å². The molecule has 1 aliphatic carbocycles. The fraction of sp³-hybridized carbons (Fsp3) is 0.400. The highest BCUT2D eigenvalue weighted by Crippen LogP contribution is 2.38. The minimum absolute atomic E-state index is 0.371. The number of rotatable bonds is 1. The van der Waals surface area contributed by atoms with E-state index in [1.807, 2.05) is 6.92 Å². The highest BCUT2D eigenvalue weighted by atomic mass is 16.3. The van der Waals surface area contributed by atoms with E-state index in [0.717, 1.165) is 29.8 Å². The lowest BCUT2D eigenvalue weighted by molar-refractivity contribution is 0.147. The summed E-state index contributed by atoms with van der Waals surface area (Å²) in [6.45, 7) is 4.07. The van der Waals surface area contributed by atoms with Crippen molar-refractivity contribution < 1.29 is 5.11 Å². The second-order valence-electron chi connectivity index (χ2n) is 5.27. The first-order valence-electron chi connectivity index (χ1n) is 6.43. The van der Waals surface area contributed by atoms with Crippen LogP contribution in [0.3, 0.4) is 0 Å². The average Bonchev–Trinajstić information content (AvgIpc) is 2.72. The normalized spacial score (nSPS) is 22.8. The maximum atomic E-state index is 10.3. The Kier molecular flexibility index (Phi) is 2.71. The average molecular weight is 242 g/mol. The van der Waals surface area contributed by atoms with Gasteiger partial charge in [0, 0.05) is 11.3 Å². The molecule has 0 saturated heterocycles. The fourth-order valence-electron chi connectivity index (χ4n) is 2.88. The summed E-state index contributed by atoms with van der Waals surface area (Å²) in [4.78, 5) is 0. The van der Waals surface area contributed by atoms with Crippen molar-refractivity contribution in [2.45, 2.75) is 38.7 Å².